The van der Waals surface area contributed by atoms with Gasteiger partial charge < -0.3 is 15.1 Å². The molecule has 0 bridgehead atoms. The van der Waals surface area contributed by atoms with Crippen LogP contribution in [0.4, 0.5) is 10.1 Å². The Labute approximate surface area is 122 Å². The number of alkyl halides is 1. The number of benzene rings is 1. The summed E-state index contributed by atoms with van der Waals surface area (Å²) < 4.78 is 12.5. The van der Waals surface area contributed by atoms with Crippen molar-refractivity contribution in [2.24, 2.45) is 0 Å². The third kappa shape index (κ3) is 3.95. The highest BCUT2D eigenvalue weighted by molar-refractivity contribution is 5.46. The van der Waals surface area contributed by atoms with Crippen LogP contribution < -0.4 is 10.2 Å². The van der Waals surface area contributed by atoms with Crippen molar-refractivity contribution in [3.05, 3.63) is 64.2 Å². The van der Waals surface area contributed by atoms with E-state index in [2.05, 4.69) is 5.32 Å². The molecule has 0 aliphatic carbocycles. The second-order valence-corrected chi connectivity index (χ2v) is 4.68. The molecule has 0 saturated heterocycles. The Kier molecular flexibility index (Phi) is 4.76. The SMILES string of the molecule is CN(CF)c1ccc(CN2C=CCN/C2=C\[N+](=O)[O-])cc1. The molecule has 1 aliphatic heterocycles. The summed E-state index contributed by atoms with van der Waals surface area (Å²) in [6.07, 6.45) is 4.66. The molecule has 1 N–H and O–H groups in total. The molecule has 0 fully saturated rings. The minimum Gasteiger partial charge on any atom is -0.363 e. The van der Waals surface area contributed by atoms with E-state index < -0.39 is 11.7 Å². The van der Waals surface area contributed by atoms with Crippen molar-refractivity contribution in [2.45, 2.75) is 6.54 Å². The maximum atomic E-state index is 12.5. The fourth-order valence-electron chi connectivity index (χ4n) is 2.00. The molecule has 0 unspecified atom stereocenters. The van der Waals surface area contributed by atoms with Crippen molar-refractivity contribution in [1.82, 2.24) is 10.2 Å². The minimum absolute atomic E-state index is 0.451. The average molecular weight is 292 g/mol. The Morgan fingerprint density at radius 2 is 2.19 bits per heavy atom. The predicted octanol–water partition coefficient (Wildman–Crippen LogP) is 2.04. The first-order valence-corrected chi connectivity index (χ1v) is 6.48. The van der Waals surface area contributed by atoms with E-state index in [0.717, 1.165) is 17.5 Å². The van der Waals surface area contributed by atoms with Crippen LogP contribution in [0.3, 0.4) is 0 Å². The zero-order valence-electron chi connectivity index (χ0n) is 11.7. The van der Waals surface area contributed by atoms with E-state index in [9.17, 15) is 14.5 Å². The maximum absolute atomic E-state index is 12.5. The van der Waals surface area contributed by atoms with Crippen molar-refractivity contribution in [2.75, 3.05) is 25.3 Å². The number of anilines is 1. The lowest BCUT2D eigenvalue weighted by atomic mass is 10.2. The second-order valence-electron chi connectivity index (χ2n) is 4.68. The Hall–Kier alpha value is -2.57. The number of nitrogens with zero attached hydrogens (tertiary/aromatic N) is 3. The number of nitro groups is 1. The molecule has 112 valence electrons. The number of halogens is 1. The van der Waals surface area contributed by atoms with Crippen LogP contribution >= 0.6 is 0 Å². The third-order valence-corrected chi connectivity index (χ3v) is 3.13. The fraction of sp³-hybridized carbons (Fsp3) is 0.286. The Bertz CT molecular complexity index is 557. The van der Waals surface area contributed by atoms with Crippen molar-refractivity contribution < 1.29 is 9.31 Å². The quantitative estimate of drug-likeness (QED) is 0.511. The van der Waals surface area contributed by atoms with E-state index in [-0.39, 0.29) is 0 Å². The van der Waals surface area contributed by atoms with Crippen LogP contribution in [0.1, 0.15) is 5.56 Å². The van der Waals surface area contributed by atoms with Gasteiger partial charge in [-0.2, -0.15) is 0 Å². The first-order chi connectivity index (χ1) is 10.1. The topological polar surface area (TPSA) is 61.6 Å². The summed E-state index contributed by atoms with van der Waals surface area (Å²) in [5.74, 6) is 0.451. The Morgan fingerprint density at radius 3 is 2.81 bits per heavy atom. The fourth-order valence-corrected chi connectivity index (χ4v) is 2.00. The number of nitrogens with one attached hydrogen (secondary N) is 1. The molecule has 0 amide bonds. The zero-order chi connectivity index (χ0) is 15.2. The van der Waals surface area contributed by atoms with Crippen LogP contribution in [-0.2, 0) is 6.54 Å². The standard InChI is InChI=1S/C14H17FN4O2/c1-17(11-15)13-5-3-12(4-6-13)9-18-8-2-7-16-14(18)10-19(20)21/h2-6,8,10,16H,7,9,11H2,1H3/b14-10+. The summed E-state index contributed by atoms with van der Waals surface area (Å²) in [6.45, 7) is 0.521. The van der Waals surface area contributed by atoms with E-state index in [0.29, 0.717) is 18.9 Å². The van der Waals surface area contributed by atoms with Gasteiger partial charge in [0.15, 0.2) is 12.6 Å². The van der Waals surface area contributed by atoms with Crippen molar-refractivity contribution in [3.8, 4) is 0 Å². The van der Waals surface area contributed by atoms with Gasteiger partial charge in [0.1, 0.15) is 0 Å². The summed E-state index contributed by atoms with van der Waals surface area (Å²) in [5, 5.41) is 13.6. The molecule has 6 nitrogen and oxygen atoms in total. The van der Waals surface area contributed by atoms with Crippen LogP contribution in [-0.4, -0.2) is 30.2 Å². The number of hydrogen-bond donors (Lipinski definition) is 1. The highest BCUT2D eigenvalue weighted by Crippen LogP contribution is 2.17. The molecular formula is C14H17FN4O2. The molecule has 0 radical (unpaired) electrons. The van der Waals surface area contributed by atoms with Crippen LogP contribution in [0, 0.1) is 10.1 Å². The largest absolute Gasteiger partial charge is 0.363 e. The zero-order valence-corrected chi connectivity index (χ0v) is 11.7. The molecule has 7 heteroatoms. The molecule has 21 heavy (non-hydrogen) atoms. The molecule has 1 aromatic carbocycles. The molecule has 0 spiro atoms. The van der Waals surface area contributed by atoms with Crippen LogP contribution in [0.2, 0.25) is 0 Å². The van der Waals surface area contributed by atoms with Gasteiger partial charge in [-0.25, -0.2) is 4.39 Å². The summed E-state index contributed by atoms with van der Waals surface area (Å²) in [7, 11) is 1.67. The molecule has 0 aromatic heterocycles. The van der Waals surface area contributed by atoms with Gasteiger partial charge in [-0.3, -0.25) is 10.1 Å². The smallest absolute Gasteiger partial charge is 0.274 e. The van der Waals surface area contributed by atoms with Crippen LogP contribution in [0.15, 0.2) is 48.6 Å². The van der Waals surface area contributed by atoms with E-state index >= 15 is 0 Å². The second kappa shape index (κ2) is 6.74. The number of hydrogen-bond acceptors (Lipinski definition) is 5. The van der Waals surface area contributed by atoms with E-state index in [1.807, 2.05) is 36.5 Å². The highest BCUT2D eigenvalue weighted by atomic mass is 19.1. The summed E-state index contributed by atoms with van der Waals surface area (Å²) in [4.78, 5) is 13.4. The van der Waals surface area contributed by atoms with Crippen molar-refractivity contribution in [3.63, 3.8) is 0 Å². The summed E-state index contributed by atoms with van der Waals surface area (Å²) in [6, 6.07) is 7.42. The molecule has 0 saturated carbocycles. The molecule has 1 heterocycles. The van der Waals surface area contributed by atoms with E-state index in [1.54, 1.807) is 11.9 Å². The lowest BCUT2D eigenvalue weighted by Gasteiger charge is -2.26. The lowest BCUT2D eigenvalue weighted by molar-refractivity contribution is -0.404. The average Bonchev–Trinajstić information content (AvgIpc) is 2.49. The molecular weight excluding hydrogens is 275 g/mol. The van der Waals surface area contributed by atoms with Gasteiger partial charge in [-0.05, 0) is 23.8 Å². The van der Waals surface area contributed by atoms with Gasteiger partial charge in [0, 0.05) is 32.0 Å². The van der Waals surface area contributed by atoms with Gasteiger partial charge in [-0.15, -0.1) is 0 Å². The van der Waals surface area contributed by atoms with Crippen LogP contribution in [0.25, 0.3) is 0 Å². The lowest BCUT2D eigenvalue weighted by Crippen LogP contribution is -2.32. The molecule has 0 atom stereocenters. The Morgan fingerprint density at radius 1 is 1.48 bits per heavy atom. The Balaban J connectivity index is 2.11. The number of rotatable bonds is 5. The first kappa shape index (κ1) is 14.8. The minimum atomic E-state index is -0.548. The molecule has 1 aliphatic rings. The van der Waals surface area contributed by atoms with Crippen molar-refractivity contribution in [1.29, 1.82) is 0 Å². The van der Waals surface area contributed by atoms with Gasteiger partial charge >= 0.3 is 0 Å². The van der Waals surface area contributed by atoms with Gasteiger partial charge in [0.2, 0.25) is 0 Å². The normalized spacial score (nSPS) is 15.9. The van der Waals surface area contributed by atoms with Gasteiger partial charge in [-0.1, -0.05) is 12.1 Å². The first-order valence-electron chi connectivity index (χ1n) is 6.48. The van der Waals surface area contributed by atoms with E-state index in [4.69, 9.17) is 0 Å². The maximum Gasteiger partial charge on any atom is 0.274 e. The summed E-state index contributed by atoms with van der Waals surface area (Å²) >= 11 is 0. The summed E-state index contributed by atoms with van der Waals surface area (Å²) in [5.41, 5.74) is 1.77. The van der Waals surface area contributed by atoms with Crippen LogP contribution in [0.5, 0.6) is 0 Å². The monoisotopic (exact) mass is 292 g/mol. The van der Waals surface area contributed by atoms with E-state index in [1.165, 1.54) is 4.90 Å². The van der Waals surface area contributed by atoms with Crippen molar-refractivity contribution >= 4 is 5.69 Å². The van der Waals surface area contributed by atoms with Gasteiger partial charge in [0.25, 0.3) is 6.20 Å². The molecule has 1 aromatic rings. The van der Waals surface area contributed by atoms with Gasteiger partial charge in [0.05, 0.1) is 4.92 Å². The molecule has 2 rings (SSSR count). The highest BCUT2D eigenvalue weighted by Gasteiger charge is 2.14. The predicted molar refractivity (Wildman–Crippen MR) is 78.6 cm³/mol. The third-order valence-electron chi connectivity index (χ3n) is 3.13.